The highest BCUT2D eigenvalue weighted by Crippen LogP contribution is 2.20. The molecule has 0 saturated carbocycles. The van der Waals surface area contributed by atoms with Gasteiger partial charge in [0.05, 0.1) is 24.3 Å². The first-order chi connectivity index (χ1) is 8.10. The number of carbonyl (C=O) groups excluding carboxylic acids is 1. The van der Waals surface area contributed by atoms with Crippen molar-refractivity contribution >= 4 is 17.1 Å². The van der Waals surface area contributed by atoms with Gasteiger partial charge in [-0.2, -0.15) is 0 Å². The molecule has 0 atom stereocenters. The Morgan fingerprint density at radius 1 is 1.53 bits per heavy atom. The second-order valence-corrected chi connectivity index (χ2v) is 5.70. The zero-order valence-electron chi connectivity index (χ0n) is 10.3. The summed E-state index contributed by atoms with van der Waals surface area (Å²) in [5.74, 6) is 0.253. The minimum absolute atomic E-state index is 0.253. The molecule has 0 radical (unpaired) electrons. The molecule has 0 unspecified atom stereocenters. The number of rotatable bonds is 4. The standard InChI is InChI=1S/C12H18N2O2S/c1-12(2,14-3-5-16-6-4-14)11(15)7-10-8-13-9-17-10/h8-9H,3-7H2,1-2H3. The Kier molecular flexibility index (Phi) is 3.91. The number of hydrogen-bond acceptors (Lipinski definition) is 5. The largest absolute Gasteiger partial charge is 0.379 e. The van der Waals surface area contributed by atoms with Crippen molar-refractivity contribution in [3.63, 3.8) is 0 Å². The van der Waals surface area contributed by atoms with E-state index in [0.717, 1.165) is 31.2 Å². The maximum Gasteiger partial charge on any atom is 0.157 e. The van der Waals surface area contributed by atoms with E-state index in [1.165, 1.54) is 11.3 Å². The van der Waals surface area contributed by atoms with Gasteiger partial charge in [-0.1, -0.05) is 0 Å². The Labute approximate surface area is 106 Å². The van der Waals surface area contributed by atoms with Crippen LogP contribution in [0.1, 0.15) is 18.7 Å². The molecule has 1 aliphatic rings. The van der Waals surface area contributed by atoms with Crippen LogP contribution in [0.15, 0.2) is 11.7 Å². The maximum atomic E-state index is 12.3. The SMILES string of the molecule is CC(C)(C(=O)Cc1cncs1)N1CCOCC1. The van der Waals surface area contributed by atoms with Crippen LogP contribution in [-0.2, 0) is 16.0 Å². The molecule has 4 nitrogen and oxygen atoms in total. The first-order valence-electron chi connectivity index (χ1n) is 5.84. The molecular formula is C12H18N2O2S. The lowest BCUT2D eigenvalue weighted by atomic mass is 9.93. The van der Waals surface area contributed by atoms with Crippen molar-refractivity contribution in [3.05, 3.63) is 16.6 Å². The van der Waals surface area contributed by atoms with E-state index in [1.54, 1.807) is 11.7 Å². The summed E-state index contributed by atoms with van der Waals surface area (Å²) in [6, 6.07) is 0. The van der Waals surface area contributed by atoms with E-state index in [2.05, 4.69) is 9.88 Å². The zero-order valence-corrected chi connectivity index (χ0v) is 11.1. The predicted octanol–water partition coefficient (Wildman–Crippen LogP) is 1.37. The van der Waals surface area contributed by atoms with Gasteiger partial charge in [-0.15, -0.1) is 11.3 Å². The average molecular weight is 254 g/mol. The fourth-order valence-corrected chi connectivity index (χ4v) is 2.60. The number of ether oxygens (including phenoxy) is 1. The maximum absolute atomic E-state index is 12.3. The van der Waals surface area contributed by atoms with Crippen molar-refractivity contribution in [2.75, 3.05) is 26.3 Å². The summed E-state index contributed by atoms with van der Waals surface area (Å²) in [6.07, 6.45) is 2.26. The quantitative estimate of drug-likeness (QED) is 0.814. The topological polar surface area (TPSA) is 42.4 Å². The Morgan fingerprint density at radius 2 is 2.24 bits per heavy atom. The summed E-state index contributed by atoms with van der Waals surface area (Å²) in [4.78, 5) is 19.6. The molecule has 17 heavy (non-hydrogen) atoms. The summed E-state index contributed by atoms with van der Waals surface area (Å²) < 4.78 is 5.32. The summed E-state index contributed by atoms with van der Waals surface area (Å²) >= 11 is 1.54. The zero-order chi connectivity index (χ0) is 12.3. The highest BCUT2D eigenvalue weighted by molar-refractivity contribution is 7.09. The number of Topliss-reactive ketones (excluding diaryl/α,β-unsaturated/α-hetero) is 1. The van der Waals surface area contributed by atoms with Gasteiger partial charge < -0.3 is 4.74 Å². The van der Waals surface area contributed by atoms with E-state index in [9.17, 15) is 4.79 Å². The fraction of sp³-hybridized carbons (Fsp3) is 0.667. The molecule has 1 saturated heterocycles. The molecule has 2 rings (SSSR count). The number of ketones is 1. The minimum atomic E-state index is -0.409. The molecule has 5 heteroatoms. The van der Waals surface area contributed by atoms with Crippen LogP contribution in [0, 0.1) is 0 Å². The van der Waals surface area contributed by atoms with Crippen LogP contribution in [0.3, 0.4) is 0 Å². The third-order valence-corrected chi connectivity index (χ3v) is 4.08. The lowest BCUT2D eigenvalue weighted by Crippen LogP contribution is -2.54. The molecule has 94 valence electrons. The average Bonchev–Trinajstić information content (AvgIpc) is 2.83. The summed E-state index contributed by atoms with van der Waals surface area (Å²) in [6.45, 7) is 7.11. The Hall–Kier alpha value is -0.780. The molecule has 2 heterocycles. The van der Waals surface area contributed by atoms with E-state index < -0.39 is 5.54 Å². The number of nitrogens with zero attached hydrogens (tertiary/aromatic N) is 2. The second kappa shape index (κ2) is 5.25. The molecule has 0 aromatic carbocycles. The molecule has 0 bridgehead atoms. The van der Waals surface area contributed by atoms with E-state index in [-0.39, 0.29) is 5.78 Å². The van der Waals surface area contributed by atoms with Crippen LogP contribution in [0.5, 0.6) is 0 Å². The molecule has 0 amide bonds. The smallest absolute Gasteiger partial charge is 0.157 e. The number of hydrogen-bond donors (Lipinski definition) is 0. The fourth-order valence-electron chi connectivity index (χ4n) is 2.00. The van der Waals surface area contributed by atoms with Gasteiger partial charge in [-0.3, -0.25) is 14.7 Å². The van der Waals surface area contributed by atoms with Crippen molar-refractivity contribution < 1.29 is 9.53 Å². The first-order valence-corrected chi connectivity index (χ1v) is 6.72. The number of aromatic nitrogens is 1. The Bertz CT molecular complexity index is 370. The van der Waals surface area contributed by atoms with E-state index in [4.69, 9.17) is 4.74 Å². The minimum Gasteiger partial charge on any atom is -0.379 e. The normalized spacial score (nSPS) is 18.2. The third-order valence-electron chi connectivity index (χ3n) is 3.30. The van der Waals surface area contributed by atoms with Gasteiger partial charge in [0.15, 0.2) is 5.78 Å². The second-order valence-electron chi connectivity index (χ2n) is 4.73. The van der Waals surface area contributed by atoms with Gasteiger partial charge in [0, 0.05) is 30.6 Å². The van der Waals surface area contributed by atoms with Crippen LogP contribution in [-0.4, -0.2) is 47.5 Å². The molecule has 0 spiro atoms. The van der Waals surface area contributed by atoms with E-state index >= 15 is 0 Å². The summed E-state index contributed by atoms with van der Waals surface area (Å²) in [5.41, 5.74) is 1.36. The number of thiazole rings is 1. The van der Waals surface area contributed by atoms with Crippen molar-refractivity contribution in [1.29, 1.82) is 0 Å². The van der Waals surface area contributed by atoms with Crippen molar-refractivity contribution in [3.8, 4) is 0 Å². The third kappa shape index (κ3) is 2.91. The monoisotopic (exact) mass is 254 g/mol. The van der Waals surface area contributed by atoms with E-state index in [0.29, 0.717) is 6.42 Å². The molecular weight excluding hydrogens is 236 g/mol. The van der Waals surface area contributed by atoms with Gasteiger partial charge in [-0.05, 0) is 13.8 Å². The van der Waals surface area contributed by atoms with Crippen LogP contribution in [0.4, 0.5) is 0 Å². The van der Waals surface area contributed by atoms with E-state index in [1.807, 2.05) is 13.8 Å². The predicted molar refractivity (Wildman–Crippen MR) is 67.3 cm³/mol. The Morgan fingerprint density at radius 3 is 2.82 bits per heavy atom. The van der Waals surface area contributed by atoms with Gasteiger partial charge in [0.25, 0.3) is 0 Å². The lowest BCUT2D eigenvalue weighted by Gasteiger charge is -2.39. The highest BCUT2D eigenvalue weighted by atomic mass is 32.1. The number of morpholine rings is 1. The molecule has 1 aliphatic heterocycles. The van der Waals surface area contributed by atoms with Gasteiger partial charge in [-0.25, -0.2) is 0 Å². The molecule has 1 aromatic heterocycles. The van der Waals surface area contributed by atoms with Crippen LogP contribution in [0.25, 0.3) is 0 Å². The lowest BCUT2D eigenvalue weighted by molar-refractivity contribution is -0.131. The van der Waals surface area contributed by atoms with Gasteiger partial charge in [0.1, 0.15) is 0 Å². The van der Waals surface area contributed by atoms with Gasteiger partial charge in [0.2, 0.25) is 0 Å². The van der Waals surface area contributed by atoms with Gasteiger partial charge >= 0.3 is 0 Å². The molecule has 0 aliphatic carbocycles. The van der Waals surface area contributed by atoms with Crippen molar-refractivity contribution in [2.24, 2.45) is 0 Å². The Balaban J connectivity index is 2.00. The number of carbonyl (C=O) groups is 1. The molecule has 0 N–H and O–H groups in total. The summed E-state index contributed by atoms with van der Waals surface area (Å²) in [5, 5.41) is 0. The van der Waals surface area contributed by atoms with Crippen LogP contribution in [0.2, 0.25) is 0 Å². The summed E-state index contributed by atoms with van der Waals surface area (Å²) in [7, 11) is 0. The highest BCUT2D eigenvalue weighted by Gasteiger charge is 2.34. The molecule has 1 aromatic rings. The van der Waals surface area contributed by atoms with Crippen molar-refractivity contribution in [1.82, 2.24) is 9.88 Å². The van der Waals surface area contributed by atoms with Crippen LogP contribution < -0.4 is 0 Å². The van der Waals surface area contributed by atoms with Crippen molar-refractivity contribution in [2.45, 2.75) is 25.8 Å². The first kappa shape index (κ1) is 12.7. The molecule has 1 fully saturated rings. The van der Waals surface area contributed by atoms with Crippen LogP contribution >= 0.6 is 11.3 Å².